The number of imide groups is 1. The van der Waals surface area contributed by atoms with Crippen LogP contribution < -0.4 is 10.6 Å². The Hall–Kier alpha value is -2.06. The van der Waals surface area contributed by atoms with E-state index in [1.807, 2.05) is 18.5 Å². The monoisotopic (exact) mass is 305 g/mol. The Morgan fingerprint density at radius 2 is 2.29 bits per heavy atom. The van der Waals surface area contributed by atoms with Crippen LogP contribution >= 0.6 is 11.3 Å². The molecular weight excluding hydrogens is 290 g/mol. The van der Waals surface area contributed by atoms with E-state index in [9.17, 15) is 9.59 Å². The number of piperazine rings is 1. The third kappa shape index (κ3) is 2.59. The molecule has 0 radical (unpaired) electrons. The first kappa shape index (κ1) is 13.9. The molecule has 0 spiro atoms. The number of thiophene rings is 1. The van der Waals surface area contributed by atoms with Gasteiger partial charge in [-0.25, -0.2) is 9.97 Å². The molecule has 0 bridgehead atoms. The van der Waals surface area contributed by atoms with Gasteiger partial charge in [0, 0.05) is 7.05 Å². The van der Waals surface area contributed by atoms with Crippen LogP contribution in [0.2, 0.25) is 0 Å². The molecule has 7 nitrogen and oxygen atoms in total. The standard InChI is InChI=1S/C13H15N5O2S/c1-7-12(20)17-10(19)6-18(7)5-9-15-11(14-2)8-3-4-21-13(8)16-9/h3-4,7H,5-6H2,1-2H3,(H,14,15,16)(H,17,19,20). The molecule has 3 heterocycles. The molecule has 110 valence electrons. The minimum absolute atomic E-state index is 0.174. The van der Waals surface area contributed by atoms with E-state index >= 15 is 0 Å². The van der Waals surface area contributed by atoms with Crippen molar-refractivity contribution in [2.24, 2.45) is 0 Å². The second-order valence-corrected chi connectivity index (χ2v) is 5.77. The van der Waals surface area contributed by atoms with Crippen LogP contribution in [0.3, 0.4) is 0 Å². The Morgan fingerprint density at radius 3 is 3.05 bits per heavy atom. The van der Waals surface area contributed by atoms with Crippen LogP contribution in [0.4, 0.5) is 5.82 Å². The van der Waals surface area contributed by atoms with Crippen molar-refractivity contribution in [3.05, 3.63) is 17.3 Å². The second kappa shape index (κ2) is 5.38. The van der Waals surface area contributed by atoms with Crippen LogP contribution in [0.1, 0.15) is 12.7 Å². The van der Waals surface area contributed by atoms with Gasteiger partial charge in [0.1, 0.15) is 16.5 Å². The lowest BCUT2D eigenvalue weighted by atomic mass is 10.2. The Morgan fingerprint density at radius 1 is 1.48 bits per heavy atom. The lowest BCUT2D eigenvalue weighted by Crippen LogP contribution is -2.56. The van der Waals surface area contributed by atoms with Crippen LogP contribution in [0.5, 0.6) is 0 Å². The van der Waals surface area contributed by atoms with Gasteiger partial charge in [-0.15, -0.1) is 11.3 Å². The van der Waals surface area contributed by atoms with E-state index in [-0.39, 0.29) is 24.4 Å². The number of nitrogens with zero attached hydrogens (tertiary/aromatic N) is 3. The van der Waals surface area contributed by atoms with Gasteiger partial charge in [0.2, 0.25) is 11.8 Å². The molecule has 1 aliphatic rings. The van der Waals surface area contributed by atoms with E-state index in [1.165, 1.54) is 11.3 Å². The Bertz CT molecular complexity index is 714. The van der Waals surface area contributed by atoms with Crippen LogP contribution in [0.25, 0.3) is 10.2 Å². The SMILES string of the molecule is CNc1nc(CN2CC(=O)NC(=O)C2C)nc2sccc12. The summed E-state index contributed by atoms with van der Waals surface area (Å²) in [7, 11) is 1.81. The first-order chi connectivity index (χ1) is 10.1. The summed E-state index contributed by atoms with van der Waals surface area (Å²) in [5.41, 5.74) is 0. The molecule has 2 N–H and O–H groups in total. The second-order valence-electron chi connectivity index (χ2n) is 4.87. The highest BCUT2D eigenvalue weighted by atomic mass is 32.1. The van der Waals surface area contributed by atoms with Crippen molar-refractivity contribution in [3.63, 3.8) is 0 Å². The highest BCUT2D eigenvalue weighted by Crippen LogP contribution is 2.25. The Kier molecular flexibility index (Phi) is 3.56. The van der Waals surface area contributed by atoms with Crippen LogP contribution in [0.15, 0.2) is 11.4 Å². The molecule has 3 rings (SSSR count). The summed E-state index contributed by atoms with van der Waals surface area (Å²) in [4.78, 5) is 34.8. The fraction of sp³-hybridized carbons (Fsp3) is 0.385. The van der Waals surface area contributed by atoms with E-state index in [0.717, 1.165) is 16.0 Å². The number of anilines is 1. The largest absolute Gasteiger partial charge is 0.372 e. The first-order valence-electron chi connectivity index (χ1n) is 6.58. The minimum atomic E-state index is -0.372. The van der Waals surface area contributed by atoms with Crippen LogP contribution in [0, 0.1) is 0 Å². The van der Waals surface area contributed by atoms with Gasteiger partial charge >= 0.3 is 0 Å². The lowest BCUT2D eigenvalue weighted by molar-refractivity contribution is -0.139. The van der Waals surface area contributed by atoms with Gasteiger partial charge in [0.15, 0.2) is 0 Å². The molecular formula is C13H15N5O2S. The number of fused-ring (bicyclic) bond motifs is 1. The molecule has 0 aliphatic carbocycles. The normalized spacial score (nSPS) is 19.8. The van der Waals surface area contributed by atoms with E-state index in [0.29, 0.717) is 12.4 Å². The lowest BCUT2D eigenvalue weighted by Gasteiger charge is -2.30. The van der Waals surface area contributed by atoms with E-state index < -0.39 is 0 Å². The van der Waals surface area contributed by atoms with Crippen molar-refractivity contribution in [1.82, 2.24) is 20.2 Å². The third-order valence-electron chi connectivity index (χ3n) is 3.49. The van der Waals surface area contributed by atoms with Gasteiger partial charge in [0.05, 0.1) is 24.5 Å². The van der Waals surface area contributed by atoms with Gasteiger partial charge < -0.3 is 5.32 Å². The van der Waals surface area contributed by atoms with Crippen LogP contribution in [-0.2, 0) is 16.1 Å². The van der Waals surface area contributed by atoms with Gasteiger partial charge in [-0.1, -0.05) is 0 Å². The molecule has 0 aromatic carbocycles. The molecule has 21 heavy (non-hydrogen) atoms. The van der Waals surface area contributed by atoms with Crippen molar-refractivity contribution >= 4 is 39.2 Å². The number of aromatic nitrogens is 2. The maximum atomic E-state index is 11.7. The molecule has 2 aromatic rings. The molecule has 1 fully saturated rings. The number of carbonyl (C=O) groups excluding carboxylic acids is 2. The predicted octanol–water partition coefficient (Wildman–Crippen LogP) is 0.580. The van der Waals surface area contributed by atoms with Gasteiger partial charge in [-0.2, -0.15) is 0 Å². The number of nitrogens with one attached hydrogen (secondary N) is 2. The average molecular weight is 305 g/mol. The Labute approximate surface area is 125 Å². The maximum Gasteiger partial charge on any atom is 0.243 e. The van der Waals surface area contributed by atoms with Crippen molar-refractivity contribution in [2.45, 2.75) is 19.5 Å². The van der Waals surface area contributed by atoms with Crippen molar-refractivity contribution in [3.8, 4) is 0 Å². The topological polar surface area (TPSA) is 87.2 Å². The number of hydrogen-bond acceptors (Lipinski definition) is 7. The molecule has 0 saturated carbocycles. The summed E-state index contributed by atoms with van der Waals surface area (Å²) in [5.74, 6) is 0.793. The van der Waals surface area contributed by atoms with Gasteiger partial charge in [0.25, 0.3) is 0 Å². The Balaban J connectivity index is 1.90. The molecule has 2 aromatic heterocycles. The molecule has 1 unspecified atom stereocenters. The zero-order valence-electron chi connectivity index (χ0n) is 11.7. The van der Waals surface area contributed by atoms with Gasteiger partial charge in [-0.3, -0.25) is 19.8 Å². The minimum Gasteiger partial charge on any atom is -0.372 e. The molecule has 1 saturated heterocycles. The summed E-state index contributed by atoms with van der Waals surface area (Å²) in [6.07, 6.45) is 0. The van der Waals surface area contributed by atoms with E-state index in [2.05, 4.69) is 20.6 Å². The summed E-state index contributed by atoms with van der Waals surface area (Å²) in [5, 5.41) is 8.32. The van der Waals surface area contributed by atoms with Crippen molar-refractivity contribution in [2.75, 3.05) is 18.9 Å². The van der Waals surface area contributed by atoms with Gasteiger partial charge in [-0.05, 0) is 18.4 Å². The number of hydrogen-bond donors (Lipinski definition) is 2. The van der Waals surface area contributed by atoms with E-state index in [1.54, 1.807) is 11.8 Å². The smallest absolute Gasteiger partial charge is 0.243 e. The molecule has 1 aliphatic heterocycles. The summed E-state index contributed by atoms with van der Waals surface area (Å²) >= 11 is 1.54. The zero-order chi connectivity index (χ0) is 15.0. The summed E-state index contributed by atoms with van der Waals surface area (Å²) in [6.45, 7) is 2.31. The number of carbonyl (C=O) groups is 2. The first-order valence-corrected chi connectivity index (χ1v) is 7.46. The number of amides is 2. The third-order valence-corrected chi connectivity index (χ3v) is 4.30. The highest BCUT2D eigenvalue weighted by molar-refractivity contribution is 7.16. The van der Waals surface area contributed by atoms with Crippen LogP contribution in [-0.4, -0.2) is 46.3 Å². The zero-order valence-corrected chi connectivity index (χ0v) is 12.5. The summed E-state index contributed by atoms with van der Waals surface area (Å²) < 4.78 is 0. The fourth-order valence-corrected chi connectivity index (χ4v) is 3.09. The van der Waals surface area contributed by atoms with Crippen molar-refractivity contribution < 1.29 is 9.59 Å². The predicted molar refractivity (Wildman–Crippen MR) is 80.0 cm³/mol. The highest BCUT2D eigenvalue weighted by Gasteiger charge is 2.30. The molecule has 2 amide bonds. The average Bonchev–Trinajstić information content (AvgIpc) is 2.91. The van der Waals surface area contributed by atoms with Crippen molar-refractivity contribution in [1.29, 1.82) is 0 Å². The fourth-order valence-electron chi connectivity index (χ4n) is 2.30. The molecule has 1 atom stereocenters. The quantitative estimate of drug-likeness (QED) is 0.807. The molecule has 8 heteroatoms. The van der Waals surface area contributed by atoms with E-state index in [4.69, 9.17) is 0 Å². The summed E-state index contributed by atoms with van der Waals surface area (Å²) in [6, 6.07) is 1.60. The maximum absolute atomic E-state index is 11.7. The number of rotatable bonds is 3.